The molecule has 0 atom stereocenters. The van der Waals surface area contributed by atoms with Crippen LogP contribution in [0.5, 0.6) is 0 Å². The Kier molecular flexibility index (Phi) is 2.91. The van der Waals surface area contributed by atoms with E-state index in [1.165, 1.54) is 11.3 Å². The van der Waals surface area contributed by atoms with Gasteiger partial charge in [-0.3, -0.25) is 0 Å². The Morgan fingerprint density at radius 3 is 2.47 bits per heavy atom. The molecule has 0 aliphatic carbocycles. The molecule has 2 nitrogen and oxygen atoms in total. The summed E-state index contributed by atoms with van der Waals surface area (Å²) in [7, 11) is 0. The molecular formula is C11H7ClN2S. The number of rotatable bonds is 2. The first-order valence-electron chi connectivity index (χ1n) is 4.30. The number of hydrogen-bond acceptors (Lipinski definition) is 3. The van der Waals surface area contributed by atoms with E-state index in [4.69, 9.17) is 16.9 Å². The zero-order chi connectivity index (χ0) is 10.7. The van der Waals surface area contributed by atoms with Crippen LogP contribution in [0, 0.1) is 11.3 Å². The molecule has 0 aliphatic rings. The Morgan fingerprint density at radius 1 is 1.20 bits per heavy atom. The zero-order valence-corrected chi connectivity index (χ0v) is 9.27. The molecule has 1 aromatic carbocycles. The fourth-order valence-corrected chi connectivity index (χ4v) is 2.00. The Hall–Kier alpha value is -1.50. The van der Waals surface area contributed by atoms with E-state index in [-0.39, 0.29) is 0 Å². The molecule has 0 saturated carbocycles. The van der Waals surface area contributed by atoms with Gasteiger partial charge in [0.15, 0.2) is 0 Å². The van der Waals surface area contributed by atoms with Crippen molar-refractivity contribution < 1.29 is 0 Å². The maximum Gasteiger partial charge on any atom is 0.116 e. The van der Waals surface area contributed by atoms with Crippen molar-refractivity contribution in [3.05, 3.63) is 45.6 Å². The molecule has 74 valence electrons. The number of benzene rings is 1. The van der Waals surface area contributed by atoms with E-state index < -0.39 is 0 Å². The number of anilines is 2. The molecule has 0 saturated heterocycles. The lowest BCUT2D eigenvalue weighted by molar-refractivity contribution is 1.48. The first-order chi connectivity index (χ1) is 7.29. The lowest BCUT2D eigenvalue weighted by Crippen LogP contribution is -1.88. The Bertz CT molecular complexity index is 496. The second-order valence-corrected chi connectivity index (χ2v) is 4.44. The number of hydrogen-bond donors (Lipinski definition) is 1. The number of nitrogens with one attached hydrogen (secondary N) is 1. The lowest BCUT2D eigenvalue weighted by atomic mass is 10.2. The Morgan fingerprint density at radius 2 is 1.93 bits per heavy atom. The lowest BCUT2D eigenvalue weighted by Gasteiger charge is -2.04. The van der Waals surface area contributed by atoms with Gasteiger partial charge in [0.1, 0.15) is 4.34 Å². The van der Waals surface area contributed by atoms with Gasteiger partial charge in [-0.15, -0.1) is 11.3 Å². The van der Waals surface area contributed by atoms with Crippen LogP contribution in [0.4, 0.5) is 11.4 Å². The van der Waals surface area contributed by atoms with Gasteiger partial charge in [-0.25, -0.2) is 0 Å². The monoisotopic (exact) mass is 234 g/mol. The molecule has 2 aromatic rings. The van der Waals surface area contributed by atoms with E-state index in [1.807, 2.05) is 23.6 Å². The van der Waals surface area contributed by atoms with Gasteiger partial charge in [-0.2, -0.15) is 5.26 Å². The summed E-state index contributed by atoms with van der Waals surface area (Å²) >= 11 is 7.43. The third-order valence-electron chi connectivity index (χ3n) is 1.91. The molecule has 0 spiro atoms. The van der Waals surface area contributed by atoms with Crippen LogP contribution < -0.4 is 5.32 Å². The first kappa shape index (κ1) is 10.0. The molecule has 0 amide bonds. The molecule has 0 bridgehead atoms. The average molecular weight is 235 g/mol. The standard InChI is InChI=1S/C11H7ClN2S/c12-11-10(5-6-15-11)14-9-3-1-8(7-13)2-4-9/h1-6,14H. The summed E-state index contributed by atoms with van der Waals surface area (Å²) in [5, 5.41) is 13.7. The van der Waals surface area contributed by atoms with E-state index in [0.717, 1.165) is 15.7 Å². The third kappa shape index (κ3) is 2.30. The first-order valence-corrected chi connectivity index (χ1v) is 5.55. The SMILES string of the molecule is N#Cc1ccc(Nc2ccsc2Cl)cc1. The quantitative estimate of drug-likeness (QED) is 0.852. The largest absolute Gasteiger partial charge is 0.354 e. The molecule has 1 aromatic heterocycles. The van der Waals surface area contributed by atoms with Crippen molar-refractivity contribution in [1.82, 2.24) is 0 Å². The summed E-state index contributed by atoms with van der Waals surface area (Å²) in [6, 6.07) is 11.2. The van der Waals surface area contributed by atoms with Gasteiger partial charge in [0.25, 0.3) is 0 Å². The van der Waals surface area contributed by atoms with Gasteiger partial charge in [0.05, 0.1) is 17.3 Å². The predicted octanol–water partition coefficient (Wildman–Crippen LogP) is 4.02. The number of nitrogens with zero attached hydrogens (tertiary/aromatic N) is 1. The molecule has 0 unspecified atom stereocenters. The van der Waals surface area contributed by atoms with E-state index in [9.17, 15) is 0 Å². The van der Waals surface area contributed by atoms with Crippen LogP contribution in [0.1, 0.15) is 5.56 Å². The molecule has 15 heavy (non-hydrogen) atoms. The summed E-state index contributed by atoms with van der Waals surface area (Å²) in [6.45, 7) is 0. The van der Waals surface area contributed by atoms with Crippen LogP contribution >= 0.6 is 22.9 Å². The van der Waals surface area contributed by atoms with Crippen molar-refractivity contribution in [2.45, 2.75) is 0 Å². The van der Waals surface area contributed by atoms with Crippen molar-refractivity contribution in [3.8, 4) is 6.07 Å². The molecule has 0 aliphatic heterocycles. The van der Waals surface area contributed by atoms with Gasteiger partial charge in [-0.05, 0) is 35.7 Å². The highest BCUT2D eigenvalue weighted by Gasteiger charge is 2.01. The molecule has 4 heteroatoms. The van der Waals surface area contributed by atoms with Crippen LogP contribution in [0.3, 0.4) is 0 Å². The molecule has 1 N–H and O–H groups in total. The van der Waals surface area contributed by atoms with Crippen LogP contribution in [0.15, 0.2) is 35.7 Å². The van der Waals surface area contributed by atoms with E-state index in [2.05, 4.69) is 11.4 Å². The van der Waals surface area contributed by atoms with Crippen molar-refractivity contribution in [2.75, 3.05) is 5.32 Å². The number of halogens is 1. The fraction of sp³-hybridized carbons (Fsp3) is 0. The highest BCUT2D eigenvalue weighted by molar-refractivity contribution is 7.15. The van der Waals surface area contributed by atoms with Crippen LogP contribution in [0.25, 0.3) is 0 Å². The van der Waals surface area contributed by atoms with Gasteiger partial charge in [-0.1, -0.05) is 11.6 Å². The van der Waals surface area contributed by atoms with Gasteiger partial charge in [0, 0.05) is 5.69 Å². The predicted molar refractivity (Wildman–Crippen MR) is 63.8 cm³/mol. The molecular weight excluding hydrogens is 228 g/mol. The summed E-state index contributed by atoms with van der Waals surface area (Å²) < 4.78 is 0.736. The number of thiophene rings is 1. The van der Waals surface area contributed by atoms with Crippen molar-refractivity contribution in [1.29, 1.82) is 5.26 Å². The Labute approximate surface area is 96.7 Å². The van der Waals surface area contributed by atoms with Crippen LogP contribution in [-0.2, 0) is 0 Å². The van der Waals surface area contributed by atoms with Crippen LogP contribution in [-0.4, -0.2) is 0 Å². The smallest absolute Gasteiger partial charge is 0.116 e. The van der Waals surface area contributed by atoms with E-state index >= 15 is 0 Å². The molecule has 0 radical (unpaired) electrons. The summed E-state index contributed by atoms with van der Waals surface area (Å²) in [5.41, 5.74) is 2.47. The number of nitriles is 1. The minimum Gasteiger partial charge on any atom is -0.354 e. The highest BCUT2D eigenvalue weighted by Crippen LogP contribution is 2.30. The van der Waals surface area contributed by atoms with Gasteiger partial charge >= 0.3 is 0 Å². The maximum atomic E-state index is 8.64. The van der Waals surface area contributed by atoms with Crippen molar-refractivity contribution in [3.63, 3.8) is 0 Å². The zero-order valence-electron chi connectivity index (χ0n) is 7.70. The maximum absolute atomic E-state index is 8.64. The second-order valence-electron chi connectivity index (χ2n) is 2.92. The van der Waals surface area contributed by atoms with Gasteiger partial charge < -0.3 is 5.32 Å². The fourth-order valence-electron chi connectivity index (χ4n) is 1.17. The van der Waals surface area contributed by atoms with Crippen molar-refractivity contribution >= 4 is 34.3 Å². The summed E-state index contributed by atoms with van der Waals surface area (Å²) in [6.07, 6.45) is 0. The van der Waals surface area contributed by atoms with Crippen LogP contribution in [0.2, 0.25) is 4.34 Å². The van der Waals surface area contributed by atoms with Gasteiger partial charge in [0.2, 0.25) is 0 Å². The topological polar surface area (TPSA) is 35.8 Å². The minimum absolute atomic E-state index is 0.650. The molecule has 0 fully saturated rings. The molecule has 2 rings (SSSR count). The van der Waals surface area contributed by atoms with E-state index in [1.54, 1.807) is 12.1 Å². The van der Waals surface area contributed by atoms with E-state index in [0.29, 0.717) is 5.56 Å². The third-order valence-corrected chi connectivity index (χ3v) is 3.08. The highest BCUT2D eigenvalue weighted by atomic mass is 35.5. The average Bonchev–Trinajstić information content (AvgIpc) is 2.66. The summed E-state index contributed by atoms with van der Waals surface area (Å²) in [4.78, 5) is 0. The minimum atomic E-state index is 0.650. The normalized spacial score (nSPS) is 9.60. The van der Waals surface area contributed by atoms with Crippen molar-refractivity contribution in [2.24, 2.45) is 0 Å². The Balaban J connectivity index is 2.19. The second kappa shape index (κ2) is 4.35. The molecule has 1 heterocycles. The summed E-state index contributed by atoms with van der Waals surface area (Å²) in [5.74, 6) is 0.